The second-order valence-corrected chi connectivity index (χ2v) is 4.88. The lowest BCUT2D eigenvalue weighted by molar-refractivity contribution is 0.188. The highest BCUT2D eigenvalue weighted by Crippen LogP contribution is 2.46. The molecule has 0 radical (unpaired) electrons. The van der Waals surface area contributed by atoms with Crippen molar-refractivity contribution >= 4 is 0 Å². The van der Waals surface area contributed by atoms with Crippen molar-refractivity contribution in [3.63, 3.8) is 0 Å². The maximum absolute atomic E-state index is 3.30. The third kappa shape index (κ3) is 2.23. The van der Waals surface area contributed by atoms with Gasteiger partial charge in [0.05, 0.1) is 0 Å². The Hall–Kier alpha value is -0.0800. The predicted molar refractivity (Wildman–Crippen MR) is 55.7 cm³/mol. The number of hydrogen-bond donors (Lipinski definition) is 1. The van der Waals surface area contributed by atoms with Crippen molar-refractivity contribution in [2.45, 2.75) is 19.3 Å². The third-order valence-corrected chi connectivity index (χ3v) is 3.71. The molecule has 0 aromatic heterocycles. The second-order valence-electron chi connectivity index (χ2n) is 4.88. The van der Waals surface area contributed by atoms with Gasteiger partial charge in [-0.25, -0.2) is 0 Å². The minimum absolute atomic E-state index is 1.00. The topological polar surface area (TPSA) is 15.3 Å². The molecule has 0 amide bonds. The first kappa shape index (κ1) is 9.47. The van der Waals surface area contributed by atoms with Crippen molar-refractivity contribution in [2.24, 2.45) is 17.8 Å². The highest BCUT2D eigenvalue weighted by Gasteiger charge is 2.42. The number of piperidine rings is 1. The molecule has 13 heavy (non-hydrogen) atoms. The van der Waals surface area contributed by atoms with Crippen molar-refractivity contribution in [3.05, 3.63) is 0 Å². The zero-order chi connectivity index (χ0) is 9.26. The molecule has 1 aliphatic carbocycles. The molecule has 2 aliphatic rings. The average molecular weight is 182 g/mol. The molecule has 1 saturated heterocycles. The van der Waals surface area contributed by atoms with E-state index in [4.69, 9.17) is 0 Å². The Morgan fingerprint density at radius 2 is 2.31 bits per heavy atom. The van der Waals surface area contributed by atoms with Gasteiger partial charge in [0.2, 0.25) is 0 Å². The molecule has 1 aliphatic heterocycles. The Labute approximate surface area is 81.7 Å². The first-order valence-corrected chi connectivity index (χ1v) is 5.64. The van der Waals surface area contributed by atoms with Gasteiger partial charge in [-0.1, -0.05) is 0 Å². The lowest BCUT2D eigenvalue weighted by atomic mass is 9.92. The summed E-state index contributed by atoms with van der Waals surface area (Å²) in [4.78, 5) is 2.50. The van der Waals surface area contributed by atoms with E-state index in [1.165, 1.54) is 38.9 Å². The van der Waals surface area contributed by atoms with Crippen LogP contribution in [-0.4, -0.2) is 38.6 Å². The van der Waals surface area contributed by atoms with E-state index >= 15 is 0 Å². The zero-order valence-electron chi connectivity index (χ0n) is 8.92. The lowest BCUT2D eigenvalue weighted by Gasteiger charge is -2.30. The van der Waals surface area contributed by atoms with Crippen LogP contribution in [0.5, 0.6) is 0 Å². The summed E-state index contributed by atoms with van der Waals surface area (Å²) >= 11 is 0. The van der Waals surface area contributed by atoms with Crippen LogP contribution in [0, 0.1) is 17.8 Å². The summed E-state index contributed by atoms with van der Waals surface area (Å²) in [5.41, 5.74) is 0. The summed E-state index contributed by atoms with van der Waals surface area (Å²) in [5.74, 6) is 3.06. The lowest BCUT2D eigenvalue weighted by Crippen LogP contribution is -2.33. The van der Waals surface area contributed by atoms with Crippen molar-refractivity contribution in [2.75, 3.05) is 33.7 Å². The van der Waals surface area contributed by atoms with Gasteiger partial charge in [0.15, 0.2) is 0 Å². The Balaban J connectivity index is 1.75. The number of likely N-dealkylation sites (tertiary alicyclic amines) is 1. The van der Waals surface area contributed by atoms with Crippen molar-refractivity contribution in [1.82, 2.24) is 10.2 Å². The molecule has 2 nitrogen and oxygen atoms in total. The van der Waals surface area contributed by atoms with Gasteiger partial charge < -0.3 is 10.2 Å². The summed E-state index contributed by atoms with van der Waals surface area (Å²) in [6, 6.07) is 0. The molecule has 0 bridgehead atoms. The molecule has 1 heterocycles. The molecule has 0 spiro atoms. The van der Waals surface area contributed by atoms with E-state index in [0.717, 1.165) is 17.8 Å². The van der Waals surface area contributed by atoms with E-state index < -0.39 is 0 Å². The molecular formula is C11H22N2. The van der Waals surface area contributed by atoms with Crippen LogP contribution in [0.25, 0.3) is 0 Å². The molecule has 2 fully saturated rings. The fraction of sp³-hybridized carbons (Fsp3) is 1.00. The van der Waals surface area contributed by atoms with E-state index in [2.05, 4.69) is 24.3 Å². The molecule has 2 rings (SSSR count). The van der Waals surface area contributed by atoms with Gasteiger partial charge in [0.25, 0.3) is 0 Å². The van der Waals surface area contributed by atoms with Crippen LogP contribution < -0.4 is 5.32 Å². The van der Waals surface area contributed by atoms with E-state index in [-0.39, 0.29) is 0 Å². The second kappa shape index (κ2) is 3.97. The maximum Gasteiger partial charge on any atom is 0.000938 e. The van der Waals surface area contributed by atoms with Crippen molar-refractivity contribution < 1.29 is 0 Å². The standard InChI is InChI=1S/C11H22N2/c1-12-7-10-6-11(10)9-4-3-5-13(2)8-9/h9-12H,3-8H2,1-2H3. The van der Waals surface area contributed by atoms with Gasteiger partial charge in [-0.2, -0.15) is 0 Å². The van der Waals surface area contributed by atoms with Crippen LogP contribution in [0.4, 0.5) is 0 Å². The fourth-order valence-corrected chi connectivity index (χ4v) is 2.90. The number of hydrogen-bond acceptors (Lipinski definition) is 2. The van der Waals surface area contributed by atoms with E-state index in [1.54, 1.807) is 0 Å². The SMILES string of the molecule is CNCC1CC1C1CCCN(C)C1. The maximum atomic E-state index is 3.30. The van der Waals surface area contributed by atoms with Gasteiger partial charge >= 0.3 is 0 Å². The van der Waals surface area contributed by atoms with Crippen LogP contribution in [0.15, 0.2) is 0 Å². The van der Waals surface area contributed by atoms with Crippen LogP contribution in [0.1, 0.15) is 19.3 Å². The minimum Gasteiger partial charge on any atom is -0.319 e. The van der Waals surface area contributed by atoms with Crippen LogP contribution in [-0.2, 0) is 0 Å². The number of rotatable bonds is 3. The summed E-state index contributed by atoms with van der Waals surface area (Å²) in [6.45, 7) is 3.91. The molecule has 0 aromatic carbocycles. The van der Waals surface area contributed by atoms with Crippen molar-refractivity contribution in [1.29, 1.82) is 0 Å². The molecule has 3 atom stereocenters. The highest BCUT2D eigenvalue weighted by atomic mass is 15.1. The van der Waals surface area contributed by atoms with Gasteiger partial charge in [-0.3, -0.25) is 0 Å². The van der Waals surface area contributed by atoms with Crippen LogP contribution in [0.3, 0.4) is 0 Å². The van der Waals surface area contributed by atoms with Gasteiger partial charge in [0.1, 0.15) is 0 Å². The number of nitrogens with zero attached hydrogens (tertiary/aromatic N) is 1. The Kier molecular flexibility index (Phi) is 2.89. The molecule has 1 N–H and O–H groups in total. The summed E-state index contributed by atoms with van der Waals surface area (Å²) in [6.07, 6.45) is 4.39. The van der Waals surface area contributed by atoms with E-state index in [9.17, 15) is 0 Å². The molecule has 0 aromatic rings. The predicted octanol–water partition coefficient (Wildman–Crippen LogP) is 1.18. The fourth-order valence-electron chi connectivity index (χ4n) is 2.90. The van der Waals surface area contributed by atoms with E-state index in [1.807, 2.05) is 0 Å². The monoisotopic (exact) mass is 182 g/mol. The summed E-state index contributed by atoms with van der Waals surface area (Å²) < 4.78 is 0. The van der Waals surface area contributed by atoms with Crippen LogP contribution >= 0.6 is 0 Å². The molecular weight excluding hydrogens is 160 g/mol. The first-order chi connectivity index (χ1) is 6.31. The van der Waals surface area contributed by atoms with E-state index in [0.29, 0.717) is 0 Å². The summed E-state index contributed by atoms with van der Waals surface area (Å²) in [5, 5.41) is 3.30. The Bertz CT molecular complexity index is 169. The highest BCUT2D eigenvalue weighted by molar-refractivity contribution is 4.94. The molecule has 76 valence electrons. The average Bonchev–Trinajstić information content (AvgIpc) is 2.85. The third-order valence-electron chi connectivity index (χ3n) is 3.71. The number of nitrogens with one attached hydrogen (secondary N) is 1. The molecule has 1 saturated carbocycles. The smallest absolute Gasteiger partial charge is 0.000938 e. The normalized spacial score (nSPS) is 40.6. The molecule has 2 heteroatoms. The quantitative estimate of drug-likeness (QED) is 0.705. The van der Waals surface area contributed by atoms with Gasteiger partial charge in [-0.05, 0) is 64.2 Å². The summed E-state index contributed by atoms with van der Waals surface area (Å²) in [7, 11) is 4.34. The largest absolute Gasteiger partial charge is 0.319 e. The first-order valence-electron chi connectivity index (χ1n) is 5.64. The Morgan fingerprint density at radius 3 is 3.00 bits per heavy atom. The van der Waals surface area contributed by atoms with Crippen molar-refractivity contribution in [3.8, 4) is 0 Å². The van der Waals surface area contributed by atoms with Gasteiger partial charge in [-0.15, -0.1) is 0 Å². The van der Waals surface area contributed by atoms with Gasteiger partial charge in [0, 0.05) is 6.54 Å². The minimum atomic E-state index is 1.00. The zero-order valence-corrected chi connectivity index (χ0v) is 8.92. The Morgan fingerprint density at radius 1 is 1.46 bits per heavy atom. The van der Waals surface area contributed by atoms with Crippen LogP contribution in [0.2, 0.25) is 0 Å². The molecule has 3 unspecified atom stereocenters.